The van der Waals surface area contributed by atoms with Crippen LogP contribution < -0.4 is 11.1 Å². The molecule has 4 heteroatoms. The third-order valence-corrected chi connectivity index (χ3v) is 3.38. The lowest BCUT2D eigenvalue weighted by Gasteiger charge is -2.19. The van der Waals surface area contributed by atoms with Gasteiger partial charge in [-0.15, -0.1) is 0 Å². The van der Waals surface area contributed by atoms with Gasteiger partial charge in [0.2, 0.25) is 0 Å². The summed E-state index contributed by atoms with van der Waals surface area (Å²) in [6.07, 6.45) is 1.93. The minimum absolute atomic E-state index is 0.557. The summed E-state index contributed by atoms with van der Waals surface area (Å²) in [4.78, 5) is 3.06. The molecule has 0 aliphatic carbocycles. The molecule has 0 atom stereocenters. The average molecular weight is 263 g/mol. The highest BCUT2D eigenvalue weighted by atomic mass is 32.1. The lowest BCUT2D eigenvalue weighted by molar-refractivity contribution is 0.284. The van der Waals surface area contributed by atoms with Crippen LogP contribution in [0.3, 0.4) is 0 Å². The van der Waals surface area contributed by atoms with Crippen molar-refractivity contribution >= 4 is 17.2 Å². The predicted octanol–water partition coefficient (Wildman–Crippen LogP) is 1.31. The number of hydrogen-bond acceptors (Lipinski definition) is 3. The maximum absolute atomic E-state index is 5.55. The standard InChI is InChI=1S/C14H21N3S/c15-14(18)10-12-2-4-13(5-3-12)11-17-8-1-6-16-7-9-17/h2-5,16H,1,6-11H2,(H2,15,18). The van der Waals surface area contributed by atoms with Gasteiger partial charge < -0.3 is 11.1 Å². The first-order chi connectivity index (χ1) is 8.74. The molecule has 0 saturated carbocycles. The fraction of sp³-hybridized carbons (Fsp3) is 0.500. The highest BCUT2D eigenvalue weighted by Crippen LogP contribution is 2.09. The molecule has 0 radical (unpaired) electrons. The molecule has 0 amide bonds. The van der Waals surface area contributed by atoms with E-state index in [9.17, 15) is 0 Å². The molecular weight excluding hydrogens is 242 g/mol. The zero-order valence-electron chi connectivity index (χ0n) is 10.7. The van der Waals surface area contributed by atoms with E-state index >= 15 is 0 Å². The molecule has 1 heterocycles. The van der Waals surface area contributed by atoms with Gasteiger partial charge in [-0.05, 0) is 30.6 Å². The van der Waals surface area contributed by atoms with Crippen molar-refractivity contribution in [3.63, 3.8) is 0 Å². The van der Waals surface area contributed by atoms with Gasteiger partial charge in [0, 0.05) is 26.1 Å². The van der Waals surface area contributed by atoms with Gasteiger partial charge in [0.1, 0.15) is 0 Å². The van der Waals surface area contributed by atoms with E-state index in [4.69, 9.17) is 18.0 Å². The van der Waals surface area contributed by atoms with Crippen molar-refractivity contribution in [3.05, 3.63) is 35.4 Å². The van der Waals surface area contributed by atoms with Crippen LogP contribution in [0.4, 0.5) is 0 Å². The van der Waals surface area contributed by atoms with Crippen molar-refractivity contribution in [1.82, 2.24) is 10.2 Å². The fourth-order valence-electron chi connectivity index (χ4n) is 2.28. The van der Waals surface area contributed by atoms with Crippen LogP contribution in [0.15, 0.2) is 24.3 Å². The van der Waals surface area contributed by atoms with Crippen molar-refractivity contribution < 1.29 is 0 Å². The Balaban J connectivity index is 1.90. The second-order valence-electron chi connectivity index (χ2n) is 4.84. The molecule has 1 aromatic carbocycles. The number of benzene rings is 1. The lowest BCUT2D eigenvalue weighted by Crippen LogP contribution is -2.27. The molecule has 1 fully saturated rings. The van der Waals surface area contributed by atoms with Crippen LogP contribution in [0.5, 0.6) is 0 Å². The van der Waals surface area contributed by atoms with E-state index in [1.807, 2.05) is 0 Å². The zero-order valence-corrected chi connectivity index (χ0v) is 11.5. The van der Waals surface area contributed by atoms with Gasteiger partial charge in [-0.2, -0.15) is 0 Å². The molecule has 1 aliphatic rings. The minimum Gasteiger partial charge on any atom is -0.393 e. The Morgan fingerprint density at radius 1 is 1.17 bits per heavy atom. The molecule has 0 aromatic heterocycles. The molecule has 18 heavy (non-hydrogen) atoms. The van der Waals surface area contributed by atoms with E-state index in [0.717, 1.165) is 26.2 Å². The van der Waals surface area contributed by atoms with E-state index in [0.29, 0.717) is 11.4 Å². The summed E-state index contributed by atoms with van der Waals surface area (Å²) >= 11 is 4.92. The first-order valence-electron chi connectivity index (χ1n) is 6.53. The van der Waals surface area contributed by atoms with Gasteiger partial charge >= 0.3 is 0 Å². The average Bonchev–Trinajstić information content (AvgIpc) is 2.60. The monoisotopic (exact) mass is 263 g/mol. The number of rotatable bonds is 4. The summed E-state index contributed by atoms with van der Waals surface area (Å²) in [6.45, 7) is 5.59. The molecule has 3 N–H and O–H groups in total. The van der Waals surface area contributed by atoms with Crippen molar-refractivity contribution in [2.45, 2.75) is 19.4 Å². The van der Waals surface area contributed by atoms with Crippen LogP contribution >= 0.6 is 12.2 Å². The molecule has 1 saturated heterocycles. The van der Waals surface area contributed by atoms with Crippen LogP contribution in [0, 0.1) is 0 Å². The van der Waals surface area contributed by atoms with E-state index in [1.165, 1.54) is 24.1 Å². The minimum atomic E-state index is 0.557. The summed E-state index contributed by atoms with van der Waals surface area (Å²) < 4.78 is 0. The first-order valence-corrected chi connectivity index (χ1v) is 6.94. The highest BCUT2D eigenvalue weighted by Gasteiger charge is 2.08. The normalized spacial score (nSPS) is 17.3. The number of hydrogen-bond donors (Lipinski definition) is 2. The fourth-order valence-corrected chi connectivity index (χ4v) is 2.45. The van der Waals surface area contributed by atoms with E-state index < -0.39 is 0 Å². The van der Waals surface area contributed by atoms with Gasteiger partial charge in [-0.25, -0.2) is 0 Å². The summed E-state index contributed by atoms with van der Waals surface area (Å²) in [5, 5.41) is 3.42. The van der Waals surface area contributed by atoms with Crippen LogP contribution in [-0.2, 0) is 13.0 Å². The Morgan fingerprint density at radius 3 is 2.61 bits per heavy atom. The van der Waals surface area contributed by atoms with Crippen molar-refractivity contribution in [1.29, 1.82) is 0 Å². The second-order valence-corrected chi connectivity index (χ2v) is 5.36. The molecular formula is C14H21N3S. The lowest BCUT2D eigenvalue weighted by atomic mass is 10.1. The molecule has 98 valence electrons. The van der Waals surface area contributed by atoms with Crippen LogP contribution in [0.1, 0.15) is 17.5 Å². The smallest absolute Gasteiger partial charge is 0.0771 e. The van der Waals surface area contributed by atoms with E-state index in [1.54, 1.807) is 0 Å². The molecule has 0 spiro atoms. The SMILES string of the molecule is NC(=S)Cc1ccc(CN2CCCNCC2)cc1. The summed E-state index contributed by atoms with van der Waals surface area (Å²) in [6, 6.07) is 8.63. The molecule has 0 bridgehead atoms. The van der Waals surface area contributed by atoms with Gasteiger partial charge in [-0.1, -0.05) is 36.5 Å². The number of thiocarbonyl (C=S) groups is 1. The third-order valence-electron chi connectivity index (χ3n) is 3.24. The van der Waals surface area contributed by atoms with E-state index in [2.05, 4.69) is 34.5 Å². The Morgan fingerprint density at radius 2 is 1.89 bits per heavy atom. The zero-order chi connectivity index (χ0) is 12.8. The Bertz CT molecular complexity index is 381. The second kappa shape index (κ2) is 6.83. The Kier molecular flexibility index (Phi) is 5.11. The van der Waals surface area contributed by atoms with Crippen molar-refractivity contribution in [3.8, 4) is 0 Å². The molecule has 2 rings (SSSR count). The quantitative estimate of drug-likeness (QED) is 0.804. The molecule has 0 unspecified atom stereocenters. The maximum Gasteiger partial charge on any atom is 0.0771 e. The van der Waals surface area contributed by atoms with Crippen molar-refractivity contribution in [2.75, 3.05) is 26.2 Å². The largest absolute Gasteiger partial charge is 0.393 e. The molecule has 1 aliphatic heterocycles. The number of nitrogens with one attached hydrogen (secondary N) is 1. The maximum atomic E-state index is 5.55. The van der Waals surface area contributed by atoms with Crippen LogP contribution in [-0.4, -0.2) is 36.1 Å². The number of nitrogens with two attached hydrogens (primary N) is 1. The van der Waals surface area contributed by atoms with Crippen molar-refractivity contribution in [2.24, 2.45) is 5.73 Å². The summed E-state index contributed by atoms with van der Waals surface area (Å²) in [7, 11) is 0. The molecule has 1 aromatic rings. The first kappa shape index (κ1) is 13.5. The van der Waals surface area contributed by atoms with Crippen LogP contribution in [0.2, 0.25) is 0 Å². The number of nitrogens with zero attached hydrogens (tertiary/aromatic N) is 1. The Hall–Kier alpha value is -0.970. The van der Waals surface area contributed by atoms with Gasteiger partial charge in [0.05, 0.1) is 4.99 Å². The van der Waals surface area contributed by atoms with Gasteiger partial charge in [0.15, 0.2) is 0 Å². The van der Waals surface area contributed by atoms with Gasteiger partial charge in [-0.3, -0.25) is 4.90 Å². The summed E-state index contributed by atoms with van der Waals surface area (Å²) in [5.41, 5.74) is 8.11. The Labute approximate surface area is 114 Å². The topological polar surface area (TPSA) is 41.3 Å². The summed E-state index contributed by atoms with van der Waals surface area (Å²) in [5.74, 6) is 0. The van der Waals surface area contributed by atoms with E-state index in [-0.39, 0.29) is 0 Å². The van der Waals surface area contributed by atoms with Crippen LogP contribution in [0.25, 0.3) is 0 Å². The highest BCUT2D eigenvalue weighted by molar-refractivity contribution is 7.80. The molecule has 3 nitrogen and oxygen atoms in total. The third kappa shape index (κ3) is 4.37. The predicted molar refractivity (Wildman–Crippen MR) is 79.7 cm³/mol. The van der Waals surface area contributed by atoms with Gasteiger partial charge in [0.25, 0.3) is 0 Å².